The van der Waals surface area contributed by atoms with Gasteiger partial charge in [0.15, 0.2) is 5.82 Å². The number of hydrogen-bond acceptors (Lipinski definition) is 3. The van der Waals surface area contributed by atoms with Crippen LogP contribution in [0.15, 0.2) is 10.7 Å². The van der Waals surface area contributed by atoms with Gasteiger partial charge in [0.1, 0.15) is 10.3 Å². The highest BCUT2D eigenvalue weighted by Crippen LogP contribution is 2.25. The van der Waals surface area contributed by atoms with Crippen molar-refractivity contribution in [1.82, 2.24) is 4.98 Å². The van der Waals surface area contributed by atoms with E-state index in [1.165, 1.54) is 0 Å². The fraction of sp³-hybridized carbons (Fsp3) is 0.333. The van der Waals surface area contributed by atoms with Gasteiger partial charge in [-0.3, -0.25) is 4.79 Å². The Kier molecular flexibility index (Phi) is 4.28. The van der Waals surface area contributed by atoms with Gasteiger partial charge in [0.05, 0.1) is 13.5 Å². The molecule has 0 saturated heterocycles. The number of aromatic nitrogens is 1. The quantitative estimate of drug-likeness (QED) is 0.636. The van der Waals surface area contributed by atoms with E-state index in [1.807, 2.05) is 0 Å². The lowest BCUT2D eigenvalue weighted by Gasteiger charge is -2.08. The summed E-state index contributed by atoms with van der Waals surface area (Å²) in [4.78, 5) is 14.3. The van der Waals surface area contributed by atoms with Crippen molar-refractivity contribution in [3.05, 3.63) is 27.7 Å². The third-order valence-electron chi connectivity index (χ3n) is 1.81. The zero-order valence-electron chi connectivity index (χ0n) is 8.14. The summed E-state index contributed by atoms with van der Waals surface area (Å²) in [5.74, 6) is -1.53. The fourth-order valence-electron chi connectivity index (χ4n) is 1.08. The molecule has 0 aliphatic heterocycles. The Morgan fingerprint density at radius 3 is 2.75 bits per heavy atom. The largest absolute Gasteiger partial charge is 0.469 e. The predicted molar refractivity (Wildman–Crippen MR) is 52.6 cm³/mol. The summed E-state index contributed by atoms with van der Waals surface area (Å²) >= 11 is 2.70. The highest BCUT2D eigenvalue weighted by Gasteiger charge is 2.20. The monoisotopic (exact) mass is 297 g/mol. The van der Waals surface area contributed by atoms with Crippen molar-refractivity contribution in [2.75, 3.05) is 7.11 Å². The lowest BCUT2D eigenvalue weighted by atomic mass is 10.1. The maximum absolute atomic E-state index is 13.1. The van der Waals surface area contributed by atoms with Gasteiger partial charge in [-0.15, -0.1) is 0 Å². The minimum Gasteiger partial charge on any atom is -0.469 e. The van der Waals surface area contributed by atoms with Crippen molar-refractivity contribution in [1.29, 1.82) is 0 Å². The van der Waals surface area contributed by atoms with E-state index < -0.39 is 30.3 Å². The van der Waals surface area contributed by atoms with Gasteiger partial charge in [-0.05, 0) is 27.6 Å². The first-order valence-electron chi connectivity index (χ1n) is 4.15. The SMILES string of the molecule is COC(=O)Cc1cc(F)c(Br)nc1C(F)F. The van der Waals surface area contributed by atoms with Gasteiger partial charge in [0.25, 0.3) is 6.43 Å². The van der Waals surface area contributed by atoms with Crippen LogP contribution in [-0.4, -0.2) is 18.1 Å². The molecule has 0 aromatic carbocycles. The lowest BCUT2D eigenvalue weighted by molar-refractivity contribution is -0.139. The summed E-state index contributed by atoms with van der Waals surface area (Å²) in [6, 6.07) is 0.843. The third-order valence-corrected chi connectivity index (χ3v) is 2.37. The van der Waals surface area contributed by atoms with E-state index in [1.54, 1.807) is 0 Å². The van der Waals surface area contributed by atoms with Crippen LogP contribution < -0.4 is 0 Å². The molecule has 0 saturated carbocycles. The van der Waals surface area contributed by atoms with E-state index in [0.717, 1.165) is 13.2 Å². The molecule has 0 atom stereocenters. The van der Waals surface area contributed by atoms with Crippen LogP contribution in [0.1, 0.15) is 17.7 Å². The summed E-state index contributed by atoms with van der Waals surface area (Å²) in [5.41, 5.74) is -0.804. The molecule has 3 nitrogen and oxygen atoms in total. The number of alkyl halides is 2. The second-order valence-electron chi connectivity index (χ2n) is 2.86. The van der Waals surface area contributed by atoms with Gasteiger partial charge in [0, 0.05) is 0 Å². The first-order chi connectivity index (χ1) is 7.45. The summed E-state index contributed by atoms with van der Waals surface area (Å²) in [5, 5.41) is 0. The zero-order valence-corrected chi connectivity index (χ0v) is 9.72. The highest BCUT2D eigenvalue weighted by molar-refractivity contribution is 9.10. The predicted octanol–water partition coefficient (Wildman–Crippen LogP) is 2.64. The van der Waals surface area contributed by atoms with Crippen LogP contribution in [0.5, 0.6) is 0 Å². The Labute approximate surface area is 97.8 Å². The molecule has 0 spiro atoms. The molecule has 1 heterocycles. The summed E-state index contributed by atoms with van der Waals surface area (Å²) in [6.45, 7) is 0. The smallest absolute Gasteiger partial charge is 0.310 e. The number of rotatable bonds is 3. The molecule has 0 N–H and O–H groups in total. The molecule has 0 aliphatic carbocycles. The second-order valence-corrected chi connectivity index (χ2v) is 3.61. The molecule has 7 heteroatoms. The normalized spacial score (nSPS) is 10.6. The molecule has 88 valence electrons. The molecule has 0 radical (unpaired) electrons. The van der Waals surface area contributed by atoms with Gasteiger partial charge in [-0.25, -0.2) is 18.2 Å². The number of carbonyl (C=O) groups is 1. The van der Waals surface area contributed by atoms with Crippen LogP contribution >= 0.6 is 15.9 Å². The number of nitrogens with zero attached hydrogens (tertiary/aromatic N) is 1. The maximum Gasteiger partial charge on any atom is 0.310 e. The Morgan fingerprint density at radius 1 is 1.62 bits per heavy atom. The molecule has 0 bridgehead atoms. The molecule has 1 aromatic rings. The van der Waals surface area contributed by atoms with Crippen LogP contribution in [0, 0.1) is 5.82 Å². The molecule has 0 amide bonds. The Balaban J connectivity index is 3.14. The molecule has 0 aliphatic rings. The van der Waals surface area contributed by atoms with Crippen molar-refractivity contribution >= 4 is 21.9 Å². The van der Waals surface area contributed by atoms with Gasteiger partial charge >= 0.3 is 5.97 Å². The number of pyridine rings is 1. The lowest BCUT2D eigenvalue weighted by Crippen LogP contribution is -2.09. The summed E-state index contributed by atoms with van der Waals surface area (Å²) < 4.78 is 42.1. The van der Waals surface area contributed by atoms with Crippen LogP contribution in [-0.2, 0) is 16.0 Å². The molecule has 1 aromatic heterocycles. The van der Waals surface area contributed by atoms with E-state index in [2.05, 4.69) is 25.7 Å². The minimum atomic E-state index is -2.88. The highest BCUT2D eigenvalue weighted by atomic mass is 79.9. The first kappa shape index (κ1) is 13.0. The van der Waals surface area contributed by atoms with E-state index in [0.29, 0.717) is 0 Å². The number of carbonyl (C=O) groups excluding carboxylic acids is 1. The Hall–Kier alpha value is -1.11. The summed E-state index contributed by atoms with van der Waals surface area (Å²) in [6.07, 6.45) is -3.32. The average Bonchev–Trinajstić information content (AvgIpc) is 2.22. The van der Waals surface area contributed by atoms with Crippen molar-refractivity contribution in [3.8, 4) is 0 Å². The van der Waals surface area contributed by atoms with Gasteiger partial charge in [-0.1, -0.05) is 0 Å². The fourth-order valence-corrected chi connectivity index (χ4v) is 1.38. The van der Waals surface area contributed by atoms with Crippen LogP contribution in [0.3, 0.4) is 0 Å². The van der Waals surface area contributed by atoms with Crippen LogP contribution in [0.25, 0.3) is 0 Å². The molecule has 0 fully saturated rings. The molecule has 0 unspecified atom stereocenters. The van der Waals surface area contributed by atoms with E-state index >= 15 is 0 Å². The van der Waals surface area contributed by atoms with E-state index in [9.17, 15) is 18.0 Å². The number of methoxy groups -OCH3 is 1. The van der Waals surface area contributed by atoms with Gasteiger partial charge in [0.2, 0.25) is 0 Å². The van der Waals surface area contributed by atoms with E-state index in [4.69, 9.17) is 0 Å². The maximum atomic E-state index is 13.1. The second kappa shape index (κ2) is 5.29. The van der Waals surface area contributed by atoms with Crippen LogP contribution in [0.2, 0.25) is 0 Å². The van der Waals surface area contributed by atoms with Crippen molar-refractivity contribution < 1.29 is 22.7 Å². The van der Waals surface area contributed by atoms with Crippen molar-refractivity contribution in [2.24, 2.45) is 0 Å². The number of halogens is 4. The summed E-state index contributed by atoms with van der Waals surface area (Å²) in [7, 11) is 1.12. The molecule has 1 rings (SSSR count). The molecule has 16 heavy (non-hydrogen) atoms. The zero-order chi connectivity index (χ0) is 12.3. The number of hydrogen-bond donors (Lipinski definition) is 0. The minimum absolute atomic E-state index is 0.178. The number of ether oxygens (including phenoxy) is 1. The van der Waals surface area contributed by atoms with Gasteiger partial charge < -0.3 is 4.74 Å². The Bertz CT molecular complexity index is 412. The molecular weight excluding hydrogens is 291 g/mol. The van der Waals surface area contributed by atoms with Crippen LogP contribution in [0.4, 0.5) is 13.2 Å². The van der Waals surface area contributed by atoms with Crippen molar-refractivity contribution in [3.63, 3.8) is 0 Å². The third kappa shape index (κ3) is 2.94. The Morgan fingerprint density at radius 2 is 2.25 bits per heavy atom. The standard InChI is InChI=1S/C9H7BrF3NO2/c1-16-6(15)3-4-2-5(11)8(10)14-7(4)9(12)13/h2,9H,3H2,1H3. The first-order valence-corrected chi connectivity index (χ1v) is 4.94. The van der Waals surface area contributed by atoms with Gasteiger partial charge in [-0.2, -0.15) is 0 Å². The van der Waals surface area contributed by atoms with Crippen molar-refractivity contribution in [2.45, 2.75) is 12.8 Å². The topological polar surface area (TPSA) is 39.2 Å². The van der Waals surface area contributed by atoms with E-state index in [-0.39, 0.29) is 10.2 Å². The number of esters is 1. The average molecular weight is 298 g/mol. The molecular formula is C9H7BrF3NO2.